The highest BCUT2D eigenvalue weighted by Crippen LogP contribution is 2.30. The van der Waals surface area contributed by atoms with Crippen LogP contribution in [0.15, 0.2) is 108 Å². The lowest BCUT2D eigenvalue weighted by molar-refractivity contribution is 0.305. The van der Waals surface area contributed by atoms with E-state index in [-0.39, 0.29) is 11.4 Å². The summed E-state index contributed by atoms with van der Waals surface area (Å²) in [6.45, 7) is 0.306. The van der Waals surface area contributed by atoms with Gasteiger partial charge >= 0.3 is 0 Å². The third-order valence-corrected chi connectivity index (χ3v) is 7.84. The molecule has 6 aromatic rings. The number of hydrogen-bond donors (Lipinski definition) is 0. The topological polar surface area (TPSA) is 69.6 Å². The number of benzene rings is 4. The van der Waals surface area contributed by atoms with E-state index < -0.39 is 0 Å². The molecule has 0 N–H and O–H groups in total. The zero-order chi connectivity index (χ0) is 27.8. The SMILES string of the molecule is O=c1c2ccccc2nc(-c2cc3cc(Cl)ccc3o2)n1N=Cc1cc(Cl)ccc1OCc1ccc(Br)cc1Br. The van der Waals surface area contributed by atoms with Crippen LogP contribution in [0, 0.1) is 0 Å². The summed E-state index contributed by atoms with van der Waals surface area (Å²) in [6, 6.07) is 25.3. The summed E-state index contributed by atoms with van der Waals surface area (Å²) in [4.78, 5) is 18.3. The third kappa shape index (κ3) is 5.45. The Morgan fingerprint density at radius 1 is 0.950 bits per heavy atom. The van der Waals surface area contributed by atoms with Crippen LogP contribution >= 0.6 is 55.1 Å². The highest BCUT2D eigenvalue weighted by molar-refractivity contribution is 9.11. The minimum Gasteiger partial charge on any atom is -0.488 e. The highest BCUT2D eigenvalue weighted by Gasteiger charge is 2.17. The van der Waals surface area contributed by atoms with Crippen molar-refractivity contribution >= 4 is 83.1 Å². The van der Waals surface area contributed by atoms with Gasteiger partial charge in [-0.05, 0) is 66.7 Å². The van der Waals surface area contributed by atoms with E-state index in [1.807, 2.05) is 24.3 Å². The van der Waals surface area contributed by atoms with E-state index in [1.54, 1.807) is 60.7 Å². The van der Waals surface area contributed by atoms with E-state index in [4.69, 9.17) is 37.3 Å². The van der Waals surface area contributed by atoms with Crippen LogP contribution in [0.25, 0.3) is 33.5 Å². The van der Waals surface area contributed by atoms with Crippen molar-refractivity contribution in [3.63, 3.8) is 0 Å². The number of hydrogen-bond acceptors (Lipinski definition) is 5. The van der Waals surface area contributed by atoms with Crippen LogP contribution in [0.1, 0.15) is 11.1 Å². The van der Waals surface area contributed by atoms with Gasteiger partial charge in [-0.15, -0.1) is 0 Å². The number of furan rings is 1. The largest absolute Gasteiger partial charge is 0.488 e. The van der Waals surface area contributed by atoms with Gasteiger partial charge in [-0.2, -0.15) is 9.78 Å². The van der Waals surface area contributed by atoms with Crippen molar-refractivity contribution in [3.8, 4) is 17.3 Å². The van der Waals surface area contributed by atoms with Gasteiger partial charge in [0.05, 0.1) is 17.1 Å². The van der Waals surface area contributed by atoms with Crippen LogP contribution < -0.4 is 10.3 Å². The van der Waals surface area contributed by atoms with Gasteiger partial charge < -0.3 is 9.15 Å². The van der Waals surface area contributed by atoms with Crippen molar-refractivity contribution in [2.24, 2.45) is 5.10 Å². The zero-order valence-electron chi connectivity index (χ0n) is 20.4. The molecule has 6 nitrogen and oxygen atoms in total. The maximum absolute atomic E-state index is 13.6. The molecule has 2 aromatic heterocycles. The predicted molar refractivity (Wildman–Crippen MR) is 167 cm³/mol. The second-order valence-electron chi connectivity index (χ2n) is 8.81. The first-order chi connectivity index (χ1) is 19.4. The Morgan fingerprint density at radius 3 is 2.60 bits per heavy atom. The van der Waals surface area contributed by atoms with Crippen molar-refractivity contribution in [1.82, 2.24) is 9.66 Å². The standard InChI is InChI=1S/C30H17Br2Cl2N3O3/c31-20-6-5-17(24(32)14-20)16-39-26-9-7-22(34)12-19(26)15-35-37-29(36-25-4-2-1-3-23(25)30(37)38)28-13-18-11-21(33)8-10-27(18)40-28/h1-15H,16H2. The first-order valence-electron chi connectivity index (χ1n) is 12.0. The lowest BCUT2D eigenvalue weighted by Gasteiger charge is -2.11. The normalized spacial score (nSPS) is 11.6. The zero-order valence-corrected chi connectivity index (χ0v) is 25.1. The second kappa shape index (κ2) is 11.2. The Morgan fingerprint density at radius 2 is 1.75 bits per heavy atom. The number of halogens is 4. The number of ether oxygens (including phenoxy) is 1. The molecular formula is C30H17Br2Cl2N3O3. The van der Waals surface area contributed by atoms with Gasteiger partial charge in [0.2, 0.25) is 5.82 Å². The molecule has 40 heavy (non-hydrogen) atoms. The summed E-state index contributed by atoms with van der Waals surface area (Å²) in [5, 5.41) is 6.83. The van der Waals surface area contributed by atoms with E-state index in [2.05, 4.69) is 37.0 Å². The Balaban J connectivity index is 1.43. The highest BCUT2D eigenvalue weighted by atomic mass is 79.9. The summed E-state index contributed by atoms with van der Waals surface area (Å²) in [5.74, 6) is 1.17. The Bertz CT molecular complexity index is 2000. The fourth-order valence-electron chi connectivity index (χ4n) is 4.18. The van der Waals surface area contributed by atoms with Gasteiger partial charge in [-0.1, -0.05) is 73.3 Å². The second-order valence-corrected chi connectivity index (χ2v) is 11.5. The fourth-order valence-corrected chi connectivity index (χ4v) is 5.70. The van der Waals surface area contributed by atoms with Gasteiger partial charge in [0.1, 0.15) is 17.9 Å². The van der Waals surface area contributed by atoms with Crippen molar-refractivity contribution in [1.29, 1.82) is 0 Å². The predicted octanol–water partition coefficient (Wildman–Crippen LogP) is 9.10. The molecule has 2 heterocycles. The molecule has 4 aromatic carbocycles. The molecule has 0 unspecified atom stereocenters. The van der Waals surface area contributed by atoms with Crippen LogP contribution in [-0.2, 0) is 6.61 Å². The molecule has 0 aliphatic carbocycles. The lowest BCUT2D eigenvalue weighted by atomic mass is 10.2. The summed E-state index contributed by atoms with van der Waals surface area (Å²) in [6.07, 6.45) is 1.53. The van der Waals surface area contributed by atoms with Crippen LogP contribution in [-0.4, -0.2) is 15.9 Å². The molecule has 0 atom stereocenters. The van der Waals surface area contributed by atoms with Gasteiger partial charge in [-0.25, -0.2) is 4.98 Å². The number of aromatic nitrogens is 2. The van der Waals surface area contributed by atoms with E-state index >= 15 is 0 Å². The molecular weight excluding hydrogens is 681 g/mol. The molecule has 0 radical (unpaired) electrons. The minimum atomic E-state index is -0.348. The first-order valence-corrected chi connectivity index (χ1v) is 14.3. The molecule has 0 saturated carbocycles. The van der Waals surface area contributed by atoms with Crippen molar-refractivity contribution < 1.29 is 9.15 Å². The van der Waals surface area contributed by atoms with Crippen LogP contribution in [0.3, 0.4) is 0 Å². The van der Waals surface area contributed by atoms with Gasteiger partial charge in [0.15, 0.2) is 5.76 Å². The molecule has 0 fully saturated rings. The molecule has 0 spiro atoms. The Kier molecular flexibility index (Phi) is 7.51. The molecule has 10 heteroatoms. The monoisotopic (exact) mass is 695 g/mol. The first kappa shape index (κ1) is 26.8. The molecule has 0 aliphatic rings. The van der Waals surface area contributed by atoms with E-state index in [1.165, 1.54) is 10.9 Å². The Labute approximate surface area is 255 Å². The molecule has 198 valence electrons. The van der Waals surface area contributed by atoms with Gasteiger partial charge in [0.25, 0.3) is 5.56 Å². The van der Waals surface area contributed by atoms with Crippen molar-refractivity contribution in [2.75, 3.05) is 0 Å². The van der Waals surface area contributed by atoms with Crippen LogP contribution in [0.2, 0.25) is 10.0 Å². The summed E-state index contributed by atoms with van der Waals surface area (Å²) in [7, 11) is 0. The summed E-state index contributed by atoms with van der Waals surface area (Å²) < 4.78 is 15.3. The third-order valence-electron chi connectivity index (χ3n) is 6.13. The Hall–Kier alpha value is -3.43. The van der Waals surface area contributed by atoms with Gasteiger partial charge in [0, 0.05) is 35.5 Å². The minimum absolute atomic E-state index is 0.246. The molecule has 6 rings (SSSR count). The van der Waals surface area contributed by atoms with E-state index in [9.17, 15) is 4.79 Å². The average molecular weight is 698 g/mol. The molecule has 0 bridgehead atoms. The maximum Gasteiger partial charge on any atom is 0.282 e. The smallest absolute Gasteiger partial charge is 0.282 e. The average Bonchev–Trinajstić information content (AvgIpc) is 3.36. The lowest BCUT2D eigenvalue weighted by Crippen LogP contribution is -2.20. The van der Waals surface area contributed by atoms with Crippen molar-refractivity contribution in [3.05, 3.63) is 125 Å². The quantitative estimate of drug-likeness (QED) is 0.163. The molecule has 0 saturated heterocycles. The number of rotatable bonds is 6. The van der Waals surface area contributed by atoms with Crippen molar-refractivity contribution in [2.45, 2.75) is 6.61 Å². The fraction of sp³-hybridized carbons (Fsp3) is 0.0333. The van der Waals surface area contributed by atoms with Gasteiger partial charge in [-0.3, -0.25) is 4.79 Å². The number of para-hydroxylation sites is 1. The molecule has 0 amide bonds. The molecule has 0 aliphatic heterocycles. The number of fused-ring (bicyclic) bond motifs is 2. The number of nitrogens with zero attached hydrogens (tertiary/aromatic N) is 3. The van der Waals surface area contributed by atoms with Crippen LogP contribution in [0.5, 0.6) is 5.75 Å². The van der Waals surface area contributed by atoms with E-state index in [0.29, 0.717) is 50.2 Å². The van der Waals surface area contributed by atoms with E-state index in [0.717, 1.165) is 19.9 Å². The summed E-state index contributed by atoms with van der Waals surface area (Å²) >= 11 is 19.5. The summed E-state index contributed by atoms with van der Waals surface area (Å²) in [5.41, 5.74) is 2.34. The maximum atomic E-state index is 13.6. The van der Waals surface area contributed by atoms with Crippen LogP contribution in [0.4, 0.5) is 0 Å².